The van der Waals surface area contributed by atoms with E-state index in [1.807, 2.05) is 0 Å². The highest BCUT2D eigenvalue weighted by molar-refractivity contribution is 7.80. The van der Waals surface area contributed by atoms with Crippen LogP contribution in [-0.4, -0.2) is 93.2 Å². The molecule has 0 aromatic heterocycles. The Morgan fingerprint density at radius 3 is 1.75 bits per heavy atom. The lowest BCUT2D eigenvalue weighted by Crippen LogP contribution is -2.58. The molecular formula is C14H24N4O9S. The lowest BCUT2D eigenvalue weighted by Gasteiger charge is -2.23. The molecule has 0 heterocycles. The maximum absolute atomic E-state index is 12.2. The Hall–Kier alpha value is -2.42. The molecule has 4 unspecified atom stereocenters. The number of nitrogens with two attached hydrogens (primary N) is 1. The number of carbonyl (C=O) groups excluding carboxylic acids is 3. The van der Waals surface area contributed by atoms with Crippen LogP contribution in [0.2, 0.25) is 0 Å². The largest absolute Gasteiger partial charge is 0.481 e. The lowest BCUT2D eigenvalue weighted by atomic mass is 10.1. The van der Waals surface area contributed by atoms with E-state index in [1.165, 1.54) is 0 Å². The number of nitrogens with one attached hydrogen (secondary N) is 3. The smallest absolute Gasteiger partial charge is 0.327 e. The van der Waals surface area contributed by atoms with E-state index in [2.05, 4.69) is 28.6 Å². The van der Waals surface area contributed by atoms with Gasteiger partial charge in [-0.1, -0.05) is 0 Å². The van der Waals surface area contributed by atoms with Gasteiger partial charge in [0.2, 0.25) is 17.7 Å². The van der Waals surface area contributed by atoms with Gasteiger partial charge in [-0.05, 0) is 6.42 Å². The molecule has 0 aliphatic heterocycles. The summed E-state index contributed by atoms with van der Waals surface area (Å²) in [7, 11) is 0. The molecule has 0 spiro atoms. The first-order chi connectivity index (χ1) is 13.1. The molecule has 13 nitrogen and oxygen atoms in total. The molecule has 0 bridgehead atoms. The number of rotatable bonds is 13. The molecule has 9 N–H and O–H groups in total. The molecule has 0 fully saturated rings. The standard InChI is InChI=1S/C14H24N4O9S/c15-6(3-19)11(23)17-8(4-20)13(25)16-7(1-2-10(21)22)12(24)18-9(5-28)14(26)27/h6-9,19-20,28H,1-5,15H2,(H,16,25)(H,17,23)(H,18,24)(H,21,22)(H,26,27). The zero-order valence-electron chi connectivity index (χ0n) is 14.7. The number of carbonyl (C=O) groups is 5. The third-order valence-corrected chi connectivity index (χ3v) is 3.79. The summed E-state index contributed by atoms with van der Waals surface area (Å²) in [6.07, 6.45) is -0.906. The summed E-state index contributed by atoms with van der Waals surface area (Å²) < 4.78 is 0. The maximum atomic E-state index is 12.2. The summed E-state index contributed by atoms with van der Waals surface area (Å²) in [6.45, 7) is -1.59. The van der Waals surface area contributed by atoms with Crippen LogP contribution >= 0.6 is 12.6 Å². The molecule has 4 atom stereocenters. The summed E-state index contributed by atoms with van der Waals surface area (Å²) in [4.78, 5) is 57.8. The Morgan fingerprint density at radius 2 is 1.32 bits per heavy atom. The van der Waals surface area contributed by atoms with Crippen LogP contribution in [0.5, 0.6) is 0 Å². The molecule has 0 saturated heterocycles. The highest BCUT2D eigenvalue weighted by Crippen LogP contribution is 2.01. The van der Waals surface area contributed by atoms with E-state index in [4.69, 9.17) is 21.1 Å². The van der Waals surface area contributed by atoms with Crippen LogP contribution in [0.3, 0.4) is 0 Å². The fraction of sp³-hybridized carbons (Fsp3) is 0.643. The number of aliphatic carboxylic acids is 2. The zero-order chi connectivity index (χ0) is 21.9. The Balaban J connectivity index is 5.20. The van der Waals surface area contributed by atoms with E-state index < -0.39 is 73.5 Å². The number of hydrogen-bond donors (Lipinski definition) is 9. The molecule has 0 aromatic carbocycles. The van der Waals surface area contributed by atoms with Crippen LogP contribution in [0.25, 0.3) is 0 Å². The van der Waals surface area contributed by atoms with Crippen molar-refractivity contribution in [1.82, 2.24) is 16.0 Å². The van der Waals surface area contributed by atoms with E-state index in [0.29, 0.717) is 0 Å². The molecule has 160 valence electrons. The number of amides is 3. The van der Waals surface area contributed by atoms with Crippen LogP contribution in [-0.2, 0) is 24.0 Å². The van der Waals surface area contributed by atoms with Gasteiger partial charge in [-0.3, -0.25) is 19.2 Å². The van der Waals surface area contributed by atoms with Gasteiger partial charge < -0.3 is 42.1 Å². The molecule has 0 rings (SSSR count). The van der Waals surface area contributed by atoms with Gasteiger partial charge in [0.1, 0.15) is 24.2 Å². The van der Waals surface area contributed by atoms with Crippen molar-refractivity contribution in [3.05, 3.63) is 0 Å². The Labute approximate surface area is 165 Å². The molecular weight excluding hydrogens is 400 g/mol. The predicted molar refractivity (Wildman–Crippen MR) is 96.3 cm³/mol. The number of aliphatic hydroxyl groups excluding tert-OH is 2. The number of thiol groups is 1. The van der Waals surface area contributed by atoms with Crippen LogP contribution < -0.4 is 21.7 Å². The van der Waals surface area contributed by atoms with Crippen molar-refractivity contribution < 1.29 is 44.4 Å². The third kappa shape index (κ3) is 8.98. The van der Waals surface area contributed by atoms with Crippen molar-refractivity contribution in [3.63, 3.8) is 0 Å². The van der Waals surface area contributed by atoms with E-state index >= 15 is 0 Å². The summed E-state index contributed by atoms with van der Waals surface area (Å²) in [6, 6.07) is -5.72. The minimum atomic E-state index is -1.54. The molecule has 3 amide bonds. The minimum absolute atomic E-state index is 0.255. The Morgan fingerprint density at radius 1 is 0.821 bits per heavy atom. The molecule has 14 heteroatoms. The lowest BCUT2D eigenvalue weighted by molar-refractivity contribution is -0.142. The van der Waals surface area contributed by atoms with Gasteiger partial charge in [-0.25, -0.2) is 4.79 Å². The molecule has 0 aliphatic carbocycles. The highest BCUT2D eigenvalue weighted by Gasteiger charge is 2.29. The van der Waals surface area contributed by atoms with Crippen molar-refractivity contribution >= 4 is 42.3 Å². The van der Waals surface area contributed by atoms with Crippen LogP contribution in [0.15, 0.2) is 0 Å². The van der Waals surface area contributed by atoms with Gasteiger partial charge in [0.25, 0.3) is 0 Å². The average molecular weight is 424 g/mol. The van der Waals surface area contributed by atoms with Gasteiger partial charge >= 0.3 is 11.9 Å². The van der Waals surface area contributed by atoms with E-state index in [-0.39, 0.29) is 12.2 Å². The Bertz CT molecular complexity index is 589. The van der Waals surface area contributed by atoms with Gasteiger partial charge in [0.15, 0.2) is 0 Å². The van der Waals surface area contributed by atoms with Gasteiger partial charge in [0.05, 0.1) is 13.2 Å². The molecule has 0 aromatic rings. The second-order valence-corrected chi connectivity index (χ2v) is 5.97. The number of carboxylic acid groups (broad SMARTS) is 2. The van der Waals surface area contributed by atoms with Crippen molar-refractivity contribution in [2.75, 3.05) is 19.0 Å². The molecule has 0 saturated carbocycles. The van der Waals surface area contributed by atoms with Gasteiger partial charge in [-0.2, -0.15) is 12.6 Å². The van der Waals surface area contributed by atoms with E-state index in [9.17, 15) is 29.1 Å². The normalized spacial score (nSPS) is 14.9. The van der Waals surface area contributed by atoms with Crippen LogP contribution in [0.1, 0.15) is 12.8 Å². The van der Waals surface area contributed by atoms with Crippen molar-refractivity contribution in [2.24, 2.45) is 5.73 Å². The van der Waals surface area contributed by atoms with Crippen molar-refractivity contribution in [3.8, 4) is 0 Å². The first kappa shape index (κ1) is 25.6. The summed E-state index contributed by atoms with van der Waals surface area (Å²) in [5.41, 5.74) is 5.28. The van der Waals surface area contributed by atoms with Crippen molar-refractivity contribution in [2.45, 2.75) is 37.0 Å². The number of carboxylic acids is 2. The second kappa shape index (κ2) is 12.9. The molecule has 28 heavy (non-hydrogen) atoms. The quantitative estimate of drug-likeness (QED) is 0.129. The summed E-state index contributed by atoms with van der Waals surface area (Å²) in [5, 5.41) is 42.1. The Kier molecular flexibility index (Phi) is 11.8. The summed E-state index contributed by atoms with van der Waals surface area (Å²) >= 11 is 3.78. The van der Waals surface area contributed by atoms with Crippen LogP contribution in [0.4, 0.5) is 0 Å². The van der Waals surface area contributed by atoms with Gasteiger partial charge in [0, 0.05) is 12.2 Å². The molecule has 0 radical (unpaired) electrons. The van der Waals surface area contributed by atoms with Crippen LogP contribution in [0, 0.1) is 0 Å². The number of aliphatic hydroxyl groups is 2. The van der Waals surface area contributed by atoms with E-state index in [0.717, 1.165) is 0 Å². The predicted octanol–water partition coefficient (Wildman–Crippen LogP) is -4.37. The first-order valence-electron chi connectivity index (χ1n) is 8.01. The average Bonchev–Trinajstić information content (AvgIpc) is 2.65. The fourth-order valence-electron chi connectivity index (χ4n) is 1.82. The highest BCUT2D eigenvalue weighted by atomic mass is 32.1. The van der Waals surface area contributed by atoms with E-state index in [1.54, 1.807) is 0 Å². The molecule has 0 aliphatic rings. The topological polar surface area (TPSA) is 228 Å². The third-order valence-electron chi connectivity index (χ3n) is 3.43. The summed E-state index contributed by atoms with van der Waals surface area (Å²) in [5.74, 6) is -5.86. The first-order valence-corrected chi connectivity index (χ1v) is 8.64. The fourth-order valence-corrected chi connectivity index (χ4v) is 2.07. The SMILES string of the molecule is NC(CO)C(=O)NC(CO)C(=O)NC(CCC(=O)O)C(=O)NC(CS)C(=O)O. The zero-order valence-corrected chi connectivity index (χ0v) is 15.6. The minimum Gasteiger partial charge on any atom is -0.481 e. The maximum Gasteiger partial charge on any atom is 0.327 e. The van der Waals surface area contributed by atoms with Gasteiger partial charge in [-0.15, -0.1) is 0 Å². The van der Waals surface area contributed by atoms with Crippen molar-refractivity contribution in [1.29, 1.82) is 0 Å². The number of hydrogen-bond acceptors (Lipinski definition) is 9. The second-order valence-electron chi connectivity index (χ2n) is 5.61. The monoisotopic (exact) mass is 424 g/mol.